The average Bonchev–Trinajstić information content (AvgIpc) is 3.69. The van der Waals surface area contributed by atoms with Gasteiger partial charge >= 0.3 is 12.4 Å². The van der Waals surface area contributed by atoms with E-state index in [1.807, 2.05) is 0 Å². The minimum atomic E-state index is -4.64. The number of sulfone groups is 2. The third-order valence-electron chi connectivity index (χ3n) is 9.17. The number of hydrogen-bond donors (Lipinski definition) is 6. The fourth-order valence-corrected chi connectivity index (χ4v) is 8.56. The quantitative estimate of drug-likeness (QED) is 0.0615. The molecule has 29 heteroatoms. The highest BCUT2D eigenvalue weighted by molar-refractivity contribution is 7.91. The second kappa shape index (κ2) is 19.6. The van der Waals surface area contributed by atoms with Crippen LogP contribution in [0.2, 0.25) is 15.2 Å². The lowest BCUT2D eigenvalue weighted by Gasteiger charge is -2.14. The first-order valence-electron chi connectivity index (χ1n) is 19.0. The number of pyridine rings is 4. The summed E-state index contributed by atoms with van der Waals surface area (Å²) < 4.78 is 126. The van der Waals surface area contributed by atoms with E-state index in [1.54, 1.807) is 13.1 Å². The number of alkyl halides is 6. The van der Waals surface area contributed by atoms with Gasteiger partial charge in [0, 0.05) is 42.7 Å². The summed E-state index contributed by atoms with van der Waals surface area (Å²) in [5, 5.41) is 15.1. The van der Waals surface area contributed by atoms with Crippen LogP contribution in [0.4, 0.5) is 66.5 Å². The van der Waals surface area contributed by atoms with E-state index in [1.165, 1.54) is 78.5 Å². The molecule has 0 unspecified atom stereocenters. The van der Waals surface area contributed by atoms with Gasteiger partial charge in [-0.3, -0.25) is 29.2 Å². The summed E-state index contributed by atoms with van der Waals surface area (Å²) in [6, 6.07) is 18.1. The zero-order valence-corrected chi connectivity index (χ0v) is 39.4. The lowest BCUT2D eigenvalue weighted by Crippen LogP contribution is -2.12. The Hall–Kier alpha value is -6.87. The standard InChI is InChI=1S/C20H16ClF3N6O3S.C14H12Cl2N4O3S.C6H5F3N2/c1-30-19(31)17-12(25-11-7-6-10(21)8-13(11)34(2,32)33)9-16(28-18(17)29-30)27-15-5-3-4-14(26-15)20(22,23)24;1-20-14(21)12-9(6-11(16)18-13(12)19-20)17-8-4-3-7(15)5-10(8)24(2,22)23;7-6(8,9)4-2-1-3-5(10)11-4/h3-9H,1-2H3,(H3,25,26,27,28,29);3-6H,1-2H3,(H2,17,18,19);1-3H,(H2,10,11). The molecule has 7 N–H and O–H groups in total. The number of nitrogens with zero attached hydrogens (tertiary/aromatic N) is 6. The van der Waals surface area contributed by atoms with Crippen LogP contribution in [0.3, 0.4) is 0 Å². The van der Waals surface area contributed by atoms with E-state index in [9.17, 15) is 52.8 Å². The molecular weight excluding hydrogens is 1030 g/mol. The Kier molecular flexibility index (Phi) is 14.7. The Bertz CT molecular complexity index is 3620. The summed E-state index contributed by atoms with van der Waals surface area (Å²) in [7, 11) is -4.22. The molecule has 0 spiro atoms. The maximum absolute atomic E-state index is 13.0. The monoisotopic (exact) mass is 1060 g/mol. The van der Waals surface area contributed by atoms with Crippen LogP contribution in [0.1, 0.15) is 11.4 Å². The van der Waals surface area contributed by atoms with Gasteiger partial charge in [0.1, 0.15) is 44.8 Å². The average molecular weight is 1060 g/mol. The highest BCUT2D eigenvalue weighted by Crippen LogP contribution is 2.34. The highest BCUT2D eigenvalue weighted by atomic mass is 35.5. The first-order valence-corrected chi connectivity index (χ1v) is 23.9. The van der Waals surface area contributed by atoms with Crippen molar-refractivity contribution >= 4 is 117 Å². The summed E-state index contributed by atoms with van der Waals surface area (Å²) in [4.78, 5) is 39.8. The van der Waals surface area contributed by atoms with Crippen LogP contribution in [0.25, 0.3) is 22.1 Å². The Labute approximate surface area is 400 Å². The fraction of sp³-hybridized carbons (Fsp3) is 0.150. The molecule has 0 aliphatic rings. The Balaban J connectivity index is 0.000000193. The molecule has 6 heterocycles. The molecule has 0 fully saturated rings. The van der Waals surface area contributed by atoms with Crippen molar-refractivity contribution in [3.05, 3.63) is 132 Å². The van der Waals surface area contributed by atoms with E-state index in [-0.39, 0.29) is 81.5 Å². The van der Waals surface area contributed by atoms with Gasteiger partial charge in [-0.25, -0.2) is 36.8 Å². The predicted molar refractivity (Wildman–Crippen MR) is 250 cm³/mol. The van der Waals surface area contributed by atoms with Gasteiger partial charge in [-0.05, 0) is 66.7 Å². The van der Waals surface area contributed by atoms with Crippen LogP contribution < -0.4 is 32.8 Å². The molecule has 8 rings (SSSR count). The topological polar surface area (TPSA) is 258 Å². The normalized spacial score (nSPS) is 12.0. The Morgan fingerprint density at radius 2 is 1.01 bits per heavy atom. The summed E-state index contributed by atoms with van der Waals surface area (Å²) in [6.45, 7) is 0. The van der Waals surface area contributed by atoms with Crippen molar-refractivity contribution in [2.45, 2.75) is 22.1 Å². The number of benzene rings is 2. The maximum Gasteiger partial charge on any atom is 0.433 e. The molecule has 0 atom stereocenters. The number of nitrogen functional groups attached to an aromatic ring is 1. The molecule has 0 aliphatic carbocycles. The van der Waals surface area contributed by atoms with Gasteiger partial charge in [0.2, 0.25) is 0 Å². The van der Waals surface area contributed by atoms with Crippen molar-refractivity contribution in [3.8, 4) is 0 Å². The molecule has 18 nitrogen and oxygen atoms in total. The van der Waals surface area contributed by atoms with Crippen LogP contribution in [0.15, 0.2) is 104 Å². The summed E-state index contributed by atoms with van der Waals surface area (Å²) >= 11 is 17.8. The molecule has 8 aromatic rings. The number of nitrogens with two attached hydrogens (primary N) is 1. The number of rotatable bonds is 8. The van der Waals surface area contributed by atoms with E-state index < -0.39 is 49.0 Å². The van der Waals surface area contributed by atoms with E-state index in [0.717, 1.165) is 29.3 Å². The number of fused-ring (bicyclic) bond motifs is 2. The molecule has 0 saturated carbocycles. The number of nitrogens with one attached hydrogen (secondary N) is 5. The van der Waals surface area contributed by atoms with Crippen LogP contribution in [-0.4, -0.2) is 68.8 Å². The van der Waals surface area contributed by atoms with Gasteiger partial charge in [0.05, 0.1) is 32.5 Å². The number of anilines is 7. The molecule has 69 heavy (non-hydrogen) atoms. The van der Waals surface area contributed by atoms with Gasteiger partial charge in [-0.1, -0.05) is 46.9 Å². The zero-order valence-electron chi connectivity index (χ0n) is 35.5. The van der Waals surface area contributed by atoms with E-state index >= 15 is 0 Å². The van der Waals surface area contributed by atoms with Crippen molar-refractivity contribution in [2.75, 3.05) is 34.2 Å². The van der Waals surface area contributed by atoms with E-state index in [4.69, 9.17) is 40.5 Å². The first-order chi connectivity index (χ1) is 32.0. The van der Waals surface area contributed by atoms with Crippen LogP contribution in [-0.2, 0) is 46.1 Å². The number of halogens is 9. The number of aryl methyl sites for hydroxylation is 2. The summed E-state index contributed by atoms with van der Waals surface area (Å²) in [5.74, 6) is -0.201. The van der Waals surface area contributed by atoms with E-state index in [0.29, 0.717) is 11.3 Å². The lowest BCUT2D eigenvalue weighted by atomic mass is 10.2. The zero-order chi connectivity index (χ0) is 51.0. The molecule has 0 saturated heterocycles. The largest absolute Gasteiger partial charge is 0.433 e. The van der Waals surface area contributed by atoms with Gasteiger partial charge in [0.15, 0.2) is 31.0 Å². The van der Waals surface area contributed by atoms with Crippen LogP contribution in [0, 0.1) is 0 Å². The number of aromatic nitrogens is 8. The predicted octanol–water partition coefficient (Wildman–Crippen LogP) is 8.62. The van der Waals surface area contributed by atoms with Gasteiger partial charge in [0.25, 0.3) is 11.1 Å². The molecule has 364 valence electrons. The number of hydrogen-bond acceptors (Lipinski definition) is 14. The third-order valence-corrected chi connectivity index (χ3v) is 12.1. The molecule has 0 radical (unpaired) electrons. The SMILES string of the molecule is Cn1[nH]c2nc(Cl)cc(Nc3ccc(Cl)cc3S(C)(=O)=O)c2c1=O.Cn1[nH]c2nc(Nc3cccc(C(F)(F)F)n3)cc(Nc3ccc(Cl)cc3S(C)(=O)=O)c2c1=O.Nc1cccc(C(F)(F)F)n1. The minimum Gasteiger partial charge on any atom is -0.384 e. The highest BCUT2D eigenvalue weighted by Gasteiger charge is 2.33. The van der Waals surface area contributed by atoms with Gasteiger partial charge < -0.3 is 21.7 Å². The van der Waals surface area contributed by atoms with Crippen LogP contribution in [0.5, 0.6) is 0 Å². The molecular formula is C40H33Cl3F6N12O6S2. The summed E-state index contributed by atoms with van der Waals surface area (Å²) in [5.41, 5.74) is 3.57. The minimum absolute atomic E-state index is 0.0171. The Morgan fingerprint density at radius 1 is 0.565 bits per heavy atom. The third kappa shape index (κ3) is 12.4. The lowest BCUT2D eigenvalue weighted by molar-refractivity contribution is -0.141. The second-order valence-electron chi connectivity index (χ2n) is 14.5. The van der Waals surface area contributed by atoms with Crippen molar-refractivity contribution in [1.29, 1.82) is 0 Å². The molecule has 0 amide bonds. The molecule has 6 aromatic heterocycles. The molecule has 2 aromatic carbocycles. The number of H-pyrrole nitrogens is 2. The van der Waals surface area contributed by atoms with Gasteiger partial charge in [-0.15, -0.1) is 0 Å². The van der Waals surface area contributed by atoms with Crippen molar-refractivity contribution in [3.63, 3.8) is 0 Å². The second-order valence-corrected chi connectivity index (χ2v) is 19.7. The van der Waals surface area contributed by atoms with Crippen molar-refractivity contribution in [2.24, 2.45) is 14.1 Å². The summed E-state index contributed by atoms with van der Waals surface area (Å²) in [6.07, 6.45) is -6.96. The van der Waals surface area contributed by atoms with Crippen molar-refractivity contribution < 1.29 is 43.2 Å². The fourth-order valence-electron chi connectivity index (χ4n) is 6.17. The van der Waals surface area contributed by atoms with Crippen LogP contribution >= 0.6 is 34.8 Å². The van der Waals surface area contributed by atoms with Crippen molar-refractivity contribution in [1.82, 2.24) is 39.5 Å². The molecule has 0 bridgehead atoms. The first kappa shape index (κ1) is 51.5. The molecule has 0 aliphatic heterocycles. The smallest absolute Gasteiger partial charge is 0.384 e. The van der Waals surface area contributed by atoms with Gasteiger partial charge in [-0.2, -0.15) is 26.3 Å². The maximum atomic E-state index is 13.0. The Morgan fingerprint density at radius 3 is 1.46 bits per heavy atom. The van der Waals surface area contributed by atoms with E-state index in [2.05, 4.69) is 46.1 Å². The number of aromatic amines is 2.